The summed E-state index contributed by atoms with van der Waals surface area (Å²) in [5.41, 5.74) is 0.793. The SMILES string of the molecule is COC(=O)c1cc(OC)ccc1NC(=O)CN1C(=O)c2ccccc2C1=O. The molecule has 0 unspecified atom stereocenters. The van der Waals surface area contributed by atoms with Crippen LogP contribution in [-0.4, -0.2) is 49.4 Å². The number of amides is 3. The molecule has 1 heterocycles. The molecule has 3 amide bonds. The smallest absolute Gasteiger partial charge is 0.340 e. The number of benzene rings is 2. The fourth-order valence-electron chi connectivity index (χ4n) is 2.75. The molecular formula is C19H16N2O6. The van der Waals surface area contributed by atoms with E-state index in [1.54, 1.807) is 18.2 Å². The standard InChI is InChI=1S/C19H16N2O6/c1-26-11-7-8-15(14(9-11)19(25)27-2)20-16(22)10-21-17(23)12-5-3-4-6-13(12)18(21)24/h3-9H,10H2,1-2H3,(H,20,22). The number of imide groups is 1. The molecule has 2 aromatic rings. The van der Waals surface area contributed by atoms with Gasteiger partial charge < -0.3 is 14.8 Å². The third-order valence-corrected chi connectivity index (χ3v) is 4.09. The molecule has 0 bridgehead atoms. The maximum absolute atomic E-state index is 12.4. The first kappa shape index (κ1) is 18.1. The number of hydrogen-bond acceptors (Lipinski definition) is 6. The number of fused-ring (bicyclic) bond motifs is 1. The molecule has 0 aliphatic carbocycles. The second-order valence-corrected chi connectivity index (χ2v) is 5.69. The molecule has 0 saturated carbocycles. The molecule has 0 atom stereocenters. The summed E-state index contributed by atoms with van der Waals surface area (Å²) < 4.78 is 9.77. The van der Waals surface area contributed by atoms with Crippen molar-refractivity contribution in [3.05, 3.63) is 59.2 Å². The van der Waals surface area contributed by atoms with Gasteiger partial charge in [0.05, 0.1) is 36.6 Å². The molecule has 27 heavy (non-hydrogen) atoms. The van der Waals surface area contributed by atoms with Crippen molar-refractivity contribution >= 4 is 29.4 Å². The number of esters is 1. The Labute approximate surface area is 154 Å². The van der Waals surface area contributed by atoms with Gasteiger partial charge in [0.1, 0.15) is 12.3 Å². The lowest BCUT2D eigenvalue weighted by Crippen LogP contribution is -2.37. The van der Waals surface area contributed by atoms with E-state index in [9.17, 15) is 19.2 Å². The zero-order chi connectivity index (χ0) is 19.6. The van der Waals surface area contributed by atoms with Crippen LogP contribution in [0.5, 0.6) is 5.75 Å². The molecule has 1 aliphatic rings. The summed E-state index contributed by atoms with van der Waals surface area (Å²) in [6, 6.07) is 10.8. The van der Waals surface area contributed by atoms with Gasteiger partial charge in [0.15, 0.2) is 0 Å². The highest BCUT2D eigenvalue weighted by Crippen LogP contribution is 2.24. The summed E-state index contributed by atoms with van der Waals surface area (Å²) in [6.07, 6.45) is 0. The first-order valence-electron chi connectivity index (χ1n) is 7.97. The quantitative estimate of drug-likeness (QED) is 0.637. The zero-order valence-corrected chi connectivity index (χ0v) is 14.6. The molecule has 2 aromatic carbocycles. The van der Waals surface area contributed by atoms with Gasteiger partial charge in [0, 0.05) is 0 Å². The number of methoxy groups -OCH3 is 2. The Morgan fingerprint density at radius 1 is 1.00 bits per heavy atom. The molecule has 8 heteroatoms. The van der Waals surface area contributed by atoms with Crippen LogP contribution in [-0.2, 0) is 9.53 Å². The van der Waals surface area contributed by atoms with Crippen molar-refractivity contribution < 1.29 is 28.7 Å². The van der Waals surface area contributed by atoms with Gasteiger partial charge in [-0.1, -0.05) is 12.1 Å². The molecule has 0 aromatic heterocycles. The van der Waals surface area contributed by atoms with E-state index in [4.69, 9.17) is 9.47 Å². The minimum absolute atomic E-state index is 0.0903. The van der Waals surface area contributed by atoms with Crippen LogP contribution in [0.2, 0.25) is 0 Å². The third-order valence-electron chi connectivity index (χ3n) is 4.09. The second-order valence-electron chi connectivity index (χ2n) is 5.69. The Balaban J connectivity index is 1.78. The largest absolute Gasteiger partial charge is 0.497 e. The zero-order valence-electron chi connectivity index (χ0n) is 14.6. The number of rotatable bonds is 5. The van der Waals surface area contributed by atoms with Crippen LogP contribution in [0.15, 0.2) is 42.5 Å². The maximum atomic E-state index is 12.4. The molecular weight excluding hydrogens is 352 g/mol. The highest BCUT2D eigenvalue weighted by atomic mass is 16.5. The van der Waals surface area contributed by atoms with Gasteiger partial charge in [-0.25, -0.2) is 4.79 Å². The Kier molecular flexibility index (Phi) is 4.89. The van der Waals surface area contributed by atoms with E-state index in [1.807, 2.05) is 0 Å². The number of hydrogen-bond donors (Lipinski definition) is 1. The first-order valence-corrected chi connectivity index (χ1v) is 7.97. The van der Waals surface area contributed by atoms with E-state index in [2.05, 4.69) is 5.32 Å². The summed E-state index contributed by atoms with van der Waals surface area (Å²) in [7, 11) is 2.66. The van der Waals surface area contributed by atoms with Crippen LogP contribution >= 0.6 is 0 Å². The van der Waals surface area contributed by atoms with E-state index in [0.29, 0.717) is 5.75 Å². The number of carbonyl (C=O) groups is 4. The number of ether oxygens (including phenoxy) is 2. The van der Waals surface area contributed by atoms with Crippen LogP contribution in [0.1, 0.15) is 31.1 Å². The van der Waals surface area contributed by atoms with E-state index in [1.165, 1.54) is 38.5 Å². The van der Waals surface area contributed by atoms with E-state index >= 15 is 0 Å². The summed E-state index contributed by atoms with van der Waals surface area (Å²) in [6.45, 7) is -0.473. The molecule has 0 saturated heterocycles. The van der Waals surface area contributed by atoms with Crippen molar-refractivity contribution in [2.24, 2.45) is 0 Å². The lowest BCUT2D eigenvalue weighted by molar-refractivity contribution is -0.116. The number of anilines is 1. The predicted molar refractivity (Wildman–Crippen MR) is 94.8 cm³/mol. The maximum Gasteiger partial charge on any atom is 0.340 e. The minimum Gasteiger partial charge on any atom is -0.497 e. The van der Waals surface area contributed by atoms with E-state index in [0.717, 1.165) is 4.90 Å². The van der Waals surface area contributed by atoms with Crippen molar-refractivity contribution in [2.75, 3.05) is 26.1 Å². The Bertz CT molecular complexity index is 918. The van der Waals surface area contributed by atoms with Gasteiger partial charge in [0.25, 0.3) is 11.8 Å². The number of nitrogens with one attached hydrogen (secondary N) is 1. The van der Waals surface area contributed by atoms with Crippen LogP contribution in [0.3, 0.4) is 0 Å². The average Bonchev–Trinajstić information content (AvgIpc) is 2.93. The number of carbonyl (C=O) groups excluding carboxylic acids is 4. The van der Waals surface area contributed by atoms with Crippen LogP contribution in [0.4, 0.5) is 5.69 Å². The van der Waals surface area contributed by atoms with Crippen LogP contribution in [0, 0.1) is 0 Å². The van der Waals surface area contributed by atoms with Gasteiger partial charge in [-0.3, -0.25) is 19.3 Å². The molecule has 1 N–H and O–H groups in total. The van der Waals surface area contributed by atoms with Crippen molar-refractivity contribution in [3.63, 3.8) is 0 Å². The Morgan fingerprint density at radius 2 is 1.63 bits per heavy atom. The summed E-state index contributed by atoms with van der Waals surface area (Å²) in [5, 5.41) is 2.53. The monoisotopic (exact) mass is 368 g/mol. The fraction of sp³-hybridized carbons (Fsp3) is 0.158. The molecule has 1 aliphatic heterocycles. The van der Waals surface area contributed by atoms with Crippen LogP contribution < -0.4 is 10.1 Å². The van der Waals surface area contributed by atoms with Crippen molar-refractivity contribution in [1.29, 1.82) is 0 Å². The van der Waals surface area contributed by atoms with Gasteiger partial charge in [0.2, 0.25) is 5.91 Å². The van der Waals surface area contributed by atoms with Gasteiger partial charge in [-0.15, -0.1) is 0 Å². The summed E-state index contributed by atoms with van der Waals surface area (Å²) in [5.74, 6) is -1.94. The van der Waals surface area contributed by atoms with Crippen LogP contribution in [0.25, 0.3) is 0 Å². The fourth-order valence-corrected chi connectivity index (χ4v) is 2.75. The lowest BCUT2D eigenvalue weighted by Gasteiger charge is -2.15. The highest BCUT2D eigenvalue weighted by molar-refractivity contribution is 6.22. The lowest BCUT2D eigenvalue weighted by atomic mass is 10.1. The molecule has 0 radical (unpaired) electrons. The third kappa shape index (κ3) is 3.37. The van der Waals surface area contributed by atoms with E-state index in [-0.39, 0.29) is 22.4 Å². The molecule has 0 fully saturated rings. The van der Waals surface area contributed by atoms with Gasteiger partial charge >= 0.3 is 5.97 Å². The van der Waals surface area contributed by atoms with Gasteiger partial charge in [-0.2, -0.15) is 0 Å². The summed E-state index contributed by atoms with van der Waals surface area (Å²) >= 11 is 0. The Hall–Kier alpha value is -3.68. The minimum atomic E-state index is -0.662. The molecule has 8 nitrogen and oxygen atoms in total. The van der Waals surface area contributed by atoms with Crippen molar-refractivity contribution in [3.8, 4) is 5.75 Å². The van der Waals surface area contributed by atoms with Crippen molar-refractivity contribution in [2.45, 2.75) is 0 Å². The predicted octanol–water partition coefficient (Wildman–Crippen LogP) is 1.72. The topological polar surface area (TPSA) is 102 Å². The molecule has 0 spiro atoms. The average molecular weight is 368 g/mol. The summed E-state index contributed by atoms with van der Waals surface area (Å²) in [4.78, 5) is 49.9. The second kappa shape index (κ2) is 7.28. The van der Waals surface area contributed by atoms with Crippen molar-refractivity contribution in [1.82, 2.24) is 4.90 Å². The van der Waals surface area contributed by atoms with E-state index < -0.39 is 30.2 Å². The van der Waals surface area contributed by atoms with Gasteiger partial charge in [-0.05, 0) is 30.3 Å². The number of nitrogens with zero attached hydrogens (tertiary/aromatic N) is 1. The normalized spacial score (nSPS) is 12.6. The first-order chi connectivity index (χ1) is 13.0. The molecule has 138 valence electrons. The molecule has 3 rings (SSSR count). The highest BCUT2D eigenvalue weighted by Gasteiger charge is 2.36. The Morgan fingerprint density at radius 3 is 2.19 bits per heavy atom.